The van der Waals surface area contributed by atoms with E-state index in [0.29, 0.717) is 0 Å². The third-order valence-corrected chi connectivity index (χ3v) is 10.7. The summed E-state index contributed by atoms with van der Waals surface area (Å²) in [6.45, 7) is 4.36. The van der Waals surface area contributed by atoms with E-state index in [4.69, 9.17) is 12.6 Å². The fraction of sp³-hybridized carbons (Fsp3) is 0.0889. The Morgan fingerprint density at radius 1 is 0.604 bits per heavy atom. The Bertz CT molecular complexity index is 2590. The summed E-state index contributed by atoms with van der Waals surface area (Å²) in [4.78, 5) is 15.4. The van der Waals surface area contributed by atoms with Crippen LogP contribution in [0.1, 0.15) is 34.2 Å². The Kier molecular flexibility index (Phi) is 6.67. The Morgan fingerprint density at radius 3 is 2.15 bits per heavy atom. The van der Waals surface area contributed by atoms with Gasteiger partial charge in [-0.2, -0.15) is 0 Å². The number of benzene rings is 6. The van der Waals surface area contributed by atoms with E-state index in [9.17, 15) is 4.79 Å². The summed E-state index contributed by atoms with van der Waals surface area (Å²) in [5, 5.41) is 2.91. The molecular weight excluding hydrogens is 603 g/mol. The van der Waals surface area contributed by atoms with Crippen molar-refractivity contribution in [3.8, 4) is 33.4 Å². The van der Waals surface area contributed by atoms with Gasteiger partial charge in [-0.15, -0.1) is 12.6 Å². The molecular formula is C45H33NOS. The summed E-state index contributed by atoms with van der Waals surface area (Å²) in [6, 6.07) is 44.7. The van der Waals surface area contributed by atoms with Gasteiger partial charge in [0, 0.05) is 21.6 Å². The van der Waals surface area contributed by atoms with Gasteiger partial charge in [0.1, 0.15) is 0 Å². The molecule has 1 aliphatic carbocycles. The van der Waals surface area contributed by atoms with Crippen molar-refractivity contribution in [3.05, 3.63) is 178 Å². The molecule has 0 amide bonds. The maximum atomic E-state index is 14.5. The van der Waals surface area contributed by atoms with Crippen LogP contribution in [0.3, 0.4) is 0 Å². The van der Waals surface area contributed by atoms with Crippen molar-refractivity contribution in [1.29, 1.82) is 0 Å². The largest absolute Gasteiger partial charge is 0.300 e. The van der Waals surface area contributed by atoms with Gasteiger partial charge in [-0.3, -0.25) is 9.36 Å². The van der Waals surface area contributed by atoms with Crippen molar-refractivity contribution in [3.63, 3.8) is 0 Å². The minimum atomic E-state index is -0.115. The number of thiol groups is 1. The minimum absolute atomic E-state index is 0.0668. The molecule has 1 aromatic heterocycles. The number of fused-ring (bicyclic) bond motifs is 5. The molecule has 3 heteroatoms. The lowest BCUT2D eigenvalue weighted by atomic mass is 9.85. The first-order valence-electron chi connectivity index (χ1n) is 16.5. The molecule has 0 N–H and O–H groups in total. The van der Waals surface area contributed by atoms with Crippen LogP contribution in [0.15, 0.2) is 155 Å². The first-order chi connectivity index (χ1) is 23.5. The van der Waals surface area contributed by atoms with Crippen molar-refractivity contribution in [2.24, 2.45) is 0 Å². The first kappa shape index (κ1) is 28.8. The second kappa shape index (κ2) is 11.1. The molecule has 2 unspecified atom stereocenters. The molecule has 0 radical (unpaired) electrons. The number of pyridine rings is 1. The van der Waals surface area contributed by atoms with Crippen LogP contribution in [0.4, 0.5) is 0 Å². The van der Waals surface area contributed by atoms with E-state index in [0.717, 1.165) is 60.0 Å². The van der Waals surface area contributed by atoms with Crippen molar-refractivity contribution in [1.82, 2.24) is 4.57 Å². The minimum Gasteiger partial charge on any atom is -0.300 e. The van der Waals surface area contributed by atoms with Gasteiger partial charge < -0.3 is 0 Å². The van der Waals surface area contributed by atoms with Crippen molar-refractivity contribution < 1.29 is 0 Å². The quantitative estimate of drug-likeness (QED) is 0.151. The molecule has 0 fully saturated rings. The van der Waals surface area contributed by atoms with E-state index < -0.39 is 0 Å². The van der Waals surface area contributed by atoms with Gasteiger partial charge in [0.2, 0.25) is 0 Å². The third-order valence-electron chi connectivity index (χ3n) is 10.3. The van der Waals surface area contributed by atoms with Gasteiger partial charge in [0.15, 0.2) is 0 Å². The average Bonchev–Trinajstić information content (AvgIpc) is 3.45. The van der Waals surface area contributed by atoms with Crippen LogP contribution in [-0.4, -0.2) is 4.57 Å². The number of rotatable bonds is 4. The second-order valence-corrected chi connectivity index (χ2v) is 13.6. The molecule has 2 heterocycles. The maximum Gasteiger partial charge on any atom is 0.259 e. The lowest BCUT2D eigenvalue weighted by Gasteiger charge is -2.22. The van der Waals surface area contributed by atoms with Crippen LogP contribution in [-0.2, 0) is 0 Å². The maximum absolute atomic E-state index is 14.5. The zero-order valence-electron chi connectivity index (χ0n) is 26.8. The number of aryl methyl sites for hydroxylation is 2. The molecule has 9 rings (SSSR count). The molecule has 6 aromatic carbocycles. The monoisotopic (exact) mass is 635 g/mol. The number of allylic oxidation sites excluding steroid dienone is 4. The molecule has 48 heavy (non-hydrogen) atoms. The van der Waals surface area contributed by atoms with Gasteiger partial charge in [0.25, 0.3) is 5.56 Å². The number of hydrogen-bond donors (Lipinski definition) is 1. The van der Waals surface area contributed by atoms with Crippen LogP contribution in [0.2, 0.25) is 0 Å². The molecule has 0 spiro atoms. The topological polar surface area (TPSA) is 22.0 Å². The lowest BCUT2D eigenvalue weighted by molar-refractivity contribution is 0.589. The third kappa shape index (κ3) is 4.38. The van der Waals surface area contributed by atoms with E-state index in [2.05, 4.69) is 134 Å². The average molecular weight is 636 g/mol. The van der Waals surface area contributed by atoms with Crippen molar-refractivity contribution >= 4 is 39.9 Å². The summed E-state index contributed by atoms with van der Waals surface area (Å²) in [5.41, 5.74) is 14.1. The molecule has 0 bridgehead atoms. The molecule has 0 saturated carbocycles. The van der Waals surface area contributed by atoms with E-state index in [-0.39, 0.29) is 17.5 Å². The zero-order chi connectivity index (χ0) is 32.5. The van der Waals surface area contributed by atoms with Crippen molar-refractivity contribution in [2.75, 3.05) is 0 Å². The molecule has 2 aliphatic rings. The van der Waals surface area contributed by atoms with Gasteiger partial charge in [-0.25, -0.2) is 0 Å². The fourth-order valence-corrected chi connectivity index (χ4v) is 8.26. The molecule has 0 saturated heterocycles. The SMILES string of the molecule is Cc1ccccc1-c1cc(-c2ccc3c4c2c2ccccc2c(=O)n4C2C=C(c4cccc(-c5ccccc5S)c4)C=CC32)ccc1C. The fourth-order valence-electron chi connectivity index (χ4n) is 7.97. The van der Waals surface area contributed by atoms with Crippen LogP contribution >= 0.6 is 12.6 Å². The predicted molar refractivity (Wildman–Crippen MR) is 204 cm³/mol. The molecule has 230 valence electrons. The Labute approximate surface area is 285 Å². The normalized spacial score (nSPS) is 16.4. The van der Waals surface area contributed by atoms with Gasteiger partial charge in [-0.1, -0.05) is 121 Å². The van der Waals surface area contributed by atoms with E-state index in [1.54, 1.807) is 0 Å². The molecule has 1 aliphatic heterocycles. The van der Waals surface area contributed by atoms with Crippen LogP contribution < -0.4 is 5.56 Å². The number of aromatic nitrogens is 1. The van der Waals surface area contributed by atoms with Crippen LogP contribution in [0, 0.1) is 13.8 Å². The Morgan fingerprint density at radius 2 is 1.31 bits per heavy atom. The van der Waals surface area contributed by atoms with Gasteiger partial charge >= 0.3 is 0 Å². The van der Waals surface area contributed by atoms with E-state index in [1.807, 2.05) is 30.3 Å². The number of nitrogens with zero attached hydrogens (tertiary/aromatic N) is 1. The molecule has 7 aromatic rings. The Hall–Kier alpha value is -5.38. The second-order valence-electron chi connectivity index (χ2n) is 13.1. The van der Waals surface area contributed by atoms with Crippen molar-refractivity contribution in [2.45, 2.75) is 30.7 Å². The molecule has 2 atom stereocenters. The summed E-state index contributed by atoms with van der Waals surface area (Å²) in [6.07, 6.45) is 6.83. The Balaban J connectivity index is 1.25. The first-order valence-corrected chi connectivity index (χ1v) is 17.0. The standard InChI is InChI=1S/C45H33NOS/c1-27-10-3-4-13-33(27)40-25-32(19-18-28(40)2)35-22-23-38-36-21-20-30(29-11-9-12-31(24-29)34-14-7-8-17-42(34)48)26-41(36)46-44(38)43(35)37-15-5-6-16-39(37)45(46)47/h3-26,36,41,48H,1-2H3. The highest BCUT2D eigenvalue weighted by Crippen LogP contribution is 2.49. The summed E-state index contributed by atoms with van der Waals surface area (Å²) < 4.78 is 2.08. The van der Waals surface area contributed by atoms with Gasteiger partial charge in [0.05, 0.1) is 11.6 Å². The lowest BCUT2D eigenvalue weighted by Crippen LogP contribution is -2.24. The summed E-state index contributed by atoms with van der Waals surface area (Å²) in [7, 11) is 0. The highest BCUT2D eigenvalue weighted by molar-refractivity contribution is 7.80. The van der Waals surface area contributed by atoms with Crippen LogP contribution in [0.25, 0.3) is 60.6 Å². The van der Waals surface area contributed by atoms with Crippen LogP contribution in [0.5, 0.6) is 0 Å². The highest BCUT2D eigenvalue weighted by atomic mass is 32.1. The predicted octanol–water partition coefficient (Wildman–Crippen LogP) is 11.4. The smallest absolute Gasteiger partial charge is 0.259 e. The summed E-state index contributed by atoms with van der Waals surface area (Å²) >= 11 is 4.72. The molecule has 2 nitrogen and oxygen atoms in total. The van der Waals surface area contributed by atoms with E-state index >= 15 is 0 Å². The number of hydrogen-bond acceptors (Lipinski definition) is 2. The summed E-state index contributed by atoms with van der Waals surface area (Å²) in [5.74, 6) is 0.0803. The highest BCUT2D eigenvalue weighted by Gasteiger charge is 2.36. The van der Waals surface area contributed by atoms with Gasteiger partial charge in [-0.05, 0) is 105 Å². The van der Waals surface area contributed by atoms with E-state index in [1.165, 1.54) is 27.8 Å². The zero-order valence-corrected chi connectivity index (χ0v) is 27.7.